The van der Waals surface area contributed by atoms with Gasteiger partial charge >= 0.3 is 0 Å². The van der Waals surface area contributed by atoms with E-state index in [1.54, 1.807) is 0 Å². The van der Waals surface area contributed by atoms with E-state index in [9.17, 15) is 14.9 Å². The molecule has 1 aromatic carbocycles. The van der Waals surface area contributed by atoms with E-state index in [2.05, 4.69) is 4.84 Å². The first kappa shape index (κ1) is 12.9. The van der Waals surface area contributed by atoms with Gasteiger partial charge in [-0.3, -0.25) is 19.7 Å². The molecule has 0 unspecified atom stereocenters. The molecule has 7 heteroatoms. The SMILES string of the molecule is CON(C)C(=O)COc1ccc([N+](=O)[O-])cc1. The third kappa shape index (κ3) is 3.72. The van der Waals surface area contributed by atoms with Gasteiger partial charge in [0.05, 0.1) is 12.0 Å². The Kier molecular flexibility index (Phi) is 4.41. The van der Waals surface area contributed by atoms with E-state index < -0.39 is 4.92 Å². The normalized spacial score (nSPS) is 9.76. The van der Waals surface area contributed by atoms with E-state index in [4.69, 9.17) is 4.74 Å². The molecule has 1 amide bonds. The minimum atomic E-state index is -0.506. The van der Waals surface area contributed by atoms with E-state index in [1.807, 2.05) is 0 Å². The fourth-order valence-corrected chi connectivity index (χ4v) is 1.00. The highest BCUT2D eigenvalue weighted by molar-refractivity contribution is 5.76. The Morgan fingerprint density at radius 3 is 2.47 bits per heavy atom. The fraction of sp³-hybridized carbons (Fsp3) is 0.300. The number of benzene rings is 1. The lowest BCUT2D eigenvalue weighted by molar-refractivity contribution is -0.384. The van der Waals surface area contributed by atoms with Gasteiger partial charge in [-0.05, 0) is 12.1 Å². The molecule has 0 bridgehead atoms. The molecule has 1 rings (SSSR count). The lowest BCUT2D eigenvalue weighted by Gasteiger charge is -2.13. The number of non-ortho nitro benzene ring substituents is 1. The lowest BCUT2D eigenvalue weighted by atomic mass is 10.3. The molecule has 17 heavy (non-hydrogen) atoms. The van der Waals surface area contributed by atoms with Crippen molar-refractivity contribution in [2.75, 3.05) is 20.8 Å². The molecule has 0 radical (unpaired) electrons. The second-order valence-corrected chi connectivity index (χ2v) is 3.11. The summed E-state index contributed by atoms with van der Waals surface area (Å²) in [6, 6.07) is 5.47. The van der Waals surface area contributed by atoms with Crippen LogP contribution in [0.2, 0.25) is 0 Å². The van der Waals surface area contributed by atoms with Crippen molar-refractivity contribution >= 4 is 11.6 Å². The highest BCUT2D eigenvalue weighted by Crippen LogP contribution is 2.17. The summed E-state index contributed by atoms with van der Waals surface area (Å²) in [6.07, 6.45) is 0. The van der Waals surface area contributed by atoms with Crippen LogP contribution in [0.5, 0.6) is 5.75 Å². The van der Waals surface area contributed by atoms with Gasteiger partial charge in [0.1, 0.15) is 5.75 Å². The molecule has 1 aromatic rings. The van der Waals surface area contributed by atoms with Crippen molar-refractivity contribution < 1.29 is 19.3 Å². The van der Waals surface area contributed by atoms with Crippen LogP contribution in [0, 0.1) is 10.1 Å². The predicted octanol–water partition coefficient (Wildman–Crippen LogP) is 0.993. The van der Waals surface area contributed by atoms with Gasteiger partial charge < -0.3 is 4.74 Å². The lowest BCUT2D eigenvalue weighted by Crippen LogP contribution is -2.30. The molecule has 0 aliphatic heterocycles. The molecule has 0 N–H and O–H groups in total. The number of nitro groups is 1. The molecular weight excluding hydrogens is 228 g/mol. The van der Waals surface area contributed by atoms with Gasteiger partial charge in [0.2, 0.25) is 0 Å². The van der Waals surface area contributed by atoms with Gasteiger partial charge in [-0.1, -0.05) is 0 Å². The maximum Gasteiger partial charge on any atom is 0.283 e. The predicted molar refractivity (Wildman–Crippen MR) is 58.4 cm³/mol. The Hall–Kier alpha value is -2.15. The van der Waals surface area contributed by atoms with Crippen LogP contribution in [0.3, 0.4) is 0 Å². The Balaban J connectivity index is 2.53. The average Bonchev–Trinajstić information content (AvgIpc) is 2.35. The molecule has 0 fully saturated rings. The van der Waals surface area contributed by atoms with Crippen molar-refractivity contribution in [3.63, 3.8) is 0 Å². The number of carbonyl (C=O) groups excluding carboxylic acids is 1. The van der Waals surface area contributed by atoms with Gasteiger partial charge in [0.15, 0.2) is 6.61 Å². The van der Waals surface area contributed by atoms with Gasteiger partial charge in [-0.2, -0.15) is 0 Å². The van der Waals surface area contributed by atoms with Crippen LogP contribution in [0.4, 0.5) is 5.69 Å². The topological polar surface area (TPSA) is 81.9 Å². The van der Waals surface area contributed by atoms with Crippen LogP contribution in [0.1, 0.15) is 0 Å². The maximum absolute atomic E-state index is 11.3. The average molecular weight is 240 g/mol. The van der Waals surface area contributed by atoms with Crippen molar-refractivity contribution in [2.24, 2.45) is 0 Å². The highest BCUT2D eigenvalue weighted by Gasteiger charge is 2.09. The second kappa shape index (κ2) is 5.80. The van der Waals surface area contributed by atoms with Crippen LogP contribution in [-0.2, 0) is 9.63 Å². The van der Waals surface area contributed by atoms with Gasteiger partial charge in [0, 0.05) is 19.2 Å². The monoisotopic (exact) mass is 240 g/mol. The van der Waals surface area contributed by atoms with E-state index >= 15 is 0 Å². The Morgan fingerprint density at radius 1 is 1.41 bits per heavy atom. The number of hydrogen-bond donors (Lipinski definition) is 0. The molecule has 0 aliphatic carbocycles. The molecule has 92 valence electrons. The number of amides is 1. The molecule has 0 spiro atoms. The highest BCUT2D eigenvalue weighted by atomic mass is 16.7. The summed E-state index contributed by atoms with van der Waals surface area (Å²) in [5.41, 5.74) is -0.0299. The molecular formula is C10H12N2O5. The Morgan fingerprint density at radius 2 is 2.00 bits per heavy atom. The van der Waals surface area contributed by atoms with Crippen LogP contribution < -0.4 is 4.74 Å². The van der Waals surface area contributed by atoms with E-state index in [0.29, 0.717) is 5.75 Å². The largest absolute Gasteiger partial charge is 0.484 e. The van der Waals surface area contributed by atoms with Gasteiger partial charge in [-0.15, -0.1) is 0 Å². The molecule has 7 nitrogen and oxygen atoms in total. The number of ether oxygens (including phenoxy) is 1. The minimum Gasteiger partial charge on any atom is -0.484 e. The summed E-state index contributed by atoms with van der Waals surface area (Å²) in [6.45, 7) is -0.192. The van der Waals surface area contributed by atoms with Crippen LogP contribution in [0.15, 0.2) is 24.3 Å². The summed E-state index contributed by atoms with van der Waals surface area (Å²) in [5.74, 6) is 0.0271. The fourth-order valence-electron chi connectivity index (χ4n) is 1.00. The van der Waals surface area contributed by atoms with Crippen molar-refractivity contribution in [2.45, 2.75) is 0 Å². The second-order valence-electron chi connectivity index (χ2n) is 3.11. The third-order valence-electron chi connectivity index (χ3n) is 2.03. The van der Waals surface area contributed by atoms with Crippen LogP contribution in [0.25, 0.3) is 0 Å². The number of nitro benzene ring substituents is 1. The van der Waals surface area contributed by atoms with Gasteiger partial charge in [-0.25, -0.2) is 5.06 Å². The minimum absolute atomic E-state index is 0.0299. The molecule has 0 atom stereocenters. The smallest absolute Gasteiger partial charge is 0.283 e. The zero-order valence-electron chi connectivity index (χ0n) is 9.45. The first-order chi connectivity index (χ1) is 8.04. The standard InChI is InChI=1S/C10H12N2O5/c1-11(16-2)10(13)7-17-9-5-3-8(4-6-9)12(14)15/h3-6H,7H2,1-2H3. The summed E-state index contributed by atoms with van der Waals surface area (Å²) in [7, 11) is 2.82. The van der Waals surface area contributed by atoms with E-state index in [0.717, 1.165) is 5.06 Å². The number of nitrogens with zero attached hydrogens (tertiary/aromatic N) is 2. The first-order valence-electron chi connectivity index (χ1n) is 4.72. The van der Waals surface area contributed by atoms with Gasteiger partial charge in [0.25, 0.3) is 11.6 Å². The number of rotatable bonds is 5. The summed E-state index contributed by atoms with van der Waals surface area (Å²) < 4.78 is 5.13. The number of hydrogen-bond acceptors (Lipinski definition) is 5. The van der Waals surface area contributed by atoms with E-state index in [-0.39, 0.29) is 18.2 Å². The summed E-state index contributed by atoms with van der Waals surface area (Å²) in [4.78, 5) is 25.8. The first-order valence-corrected chi connectivity index (χ1v) is 4.72. The molecule has 0 aliphatic rings. The van der Waals surface area contributed by atoms with Crippen molar-refractivity contribution in [1.82, 2.24) is 5.06 Å². The molecule has 0 aromatic heterocycles. The Bertz CT molecular complexity index is 404. The van der Waals surface area contributed by atoms with Crippen molar-refractivity contribution in [3.8, 4) is 5.75 Å². The zero-order chi connectivity index (χ0) is 12.8. The molecule has 0 saturated heterocycles. The maximum atomic E-state index is 11.3. The summed E-state index contributed by atoms with van der Waals surface area (Å²) in [5, 5.41) is 11.4. The van der Waals surface area contributed by atoms with E-state index in [1.165, 1.54) is 38.4 Å². The summed E-state index contributed by atoms with van der Waals surface area (Å²) >= 11 is 0. The van der Waals surface area contributed by atoms with Crippen LogP contribution in [-0.4, -0.2) is 36.7 Å². The zero-order valence-corrected chi connectivity index (χ0v) is 9.45. The number of likely N-dealkylation sites (N-methyl/N-ethyl adjacent to an activating group) is 1. The quantitative estimate of drug-likeness (QED) is 0.566. The number of carbonyl (C=O) groups is 1. The molecule has 0 saturated carbocycles. The van der Waals surface area contributed by atoms with Crippen molar-refractivity contribution in [3.05, 3.63) is 34.4 Å². The Labute approximate surface area is 97.6 Å². The van der Waals surface area contributed by atoms with Crippen molar-refractivity contribution in [1.29, 1.82) is 0 Å². The number of hydroxylamine groups is 2. The molecule has 0 heterocycles. The third-order valence-corrected chi connectivity index (χ3v) is 2.03. The van der Waals surface area contributed by atoms with Crippen LogP contribution >= 0.6 is 0 Å².